The molecule has 6 heteroatoms. The summed E-state index contributed by atoms with van der Waals surface area (Å²) in [6, 6.07) is 0. The first-order valence-electron chi connectivity index (χ1n) is 4.66. The fourth-order valence-electron chi connectivity index (χ4n) is 1.03. The van der Waals surface area contributed by atoms with Gasteiger partial charge in [-0.3, -0.25) is 0 Å². The Kier molecular flexibility index (Phi) is 2.43. The predicted octanol–water partition coefficient (Wildman–Crippen LogP) is -4.64. The van der Waals surface area contributed by atoms with Gasteiger partial charge in [0.2, 0.25) is 0 Å². The molecule has 0 aliphatic carbocycles. The zero-order valence-electron chi connectivity index (χ0n) is 7.37. The van der Waals surface area contributed by atoms with E-state index in [4.69, 9.17) is 3.07 Å². The Bertz CT molecular complexity index is 197. The predicted molar refractivity (Wildman–Crippen MR) is 42.9 cm³/mol. The van der Waals surface area contributed by atoms with E-state index in [2.05, 4.69) is 20.7 Å². The molecule has 2 atom stereocenters. The number of alkyl halides is 1. The van der Waals surface area contributed by atoms with Gasteiger partial charge in [0.15, 0.2) is 0 Å². The minimum atomic E-state index is -0.0586. The van der Waals surface area contributed by atoms with Crippen molar-refractivity contribution >= 4 is 0 Å². The topological polar surface area (TPSA) is 49.2 Å². The number of hydrazine groups is 1. The molecule has 3 saturated heterocycles. The molecule has 3 heterocycles. The molecular formula is C7H14IN4O-. The quantitative estimate of drug-likeness (QED) is 0.223. The first-order chi connectivity index (χ1) is 6.42. The number of nitrogens with one attached hydrogen (secondary N) is 2. The maximum absolute atomic E-state index is 5.71. The van der Waals surface area contributed by atoms with Crippen LogP contribution in [0.15, 0.2) is 0 Å². The third kappa shape index (κ3) is 2.74. The van der Waals surface area contributed by atoms with Gasteiger partial charge in [-0.15, -0.1) is 0 Å². The number of hydrogen-bond acceptors (Lipinski definition) is 5. The van der Waals surface area contributed by atoms with Gasteiger partial charge >= 0.3 is 88.5 Å². The van der Waals surface area contributed by atoms with E-state index < -0.39 is 0 Å². The van der Waals surface area contributed by atoms with Gasteiger partial charge in [0, 0.05) is 0 Å². The second kappa shape index (κ2) is 3.59. The molecule has 0 spiro atoms. The molecule has 76 valence electrons. The van der Waals surface area contributed by atoms with Crippen LogP contribution in [0.3, 0.4) is 0 Å². The van der Waals surface area contributed by atoms with Crippen LogP contribution in [0.4, 0.5) is 0 Å². The summed E-state index contributed by atoms with van der Waals surface area (Å²) in [6.45, 7) is 4.95. The normalized spacial score (nSPS) is 38.2. The molecule has 3 aliphatic heterocycles. The van der Waals surface area contributed by atoms with Crippen molar-refractivity contribution in [3.05, 3.63) is 0 Å². The van der Waals surface area contributed by atoms with Crippen molar-refractivity contribution in [2.75, 3.05) is 30.7 Å². The Morgan fingerprint density at radius 1 is 1.38 bits per heavy atom. The Morgan fingerprint density at radius 2 is 2.23 bits per heavy atom. The molecule has 3 rings (SSSR count). The van der Waals surface area contributed by atoms with Gasteiger partial charge in [-0.1, -0.05) is 0 Å². The molecule has 0 amide bonds. The Morgan fingerprint density at radius 3 is 2.92 bits per heavy atom. The third-order valence-electron chi connectivity index (χ3n) is 2.22. The Labute approximate surface area is 88.6 Å². The van der Waals surface area contributed by atoms with Crippen molar-refractivity contribution in [1.82, 2.24) is 20.7 Å². The summed E-state index contributed by atoms with van der Waals surface area (Å²) in [6.07, 6.45) is 0.699. The van der Waals surface area contributed by atoms with Crippen LogP contribution in [0.2, 0.25) is 0 Å². The van der Waals surface area contributed by atoms with Gasteiger partial charge < -0.3 is 0 Å². The van der Waals surface area contributed by atoms with Crippen molar-refractivity contribution in [2.45, 2.75) is 12.4 Å². The summed E-state index contributed by atoms with van der Waals surface area (Å²) < 4.78 is 6.91. The monoisotopic (exact) mass is 297 g/mol. The van der Waals surface area contributed by atoms with Crippen LogP contribution in [-0.4, -0.2) is 53.0 Å². The molecule has 2 N–H and O–H groups in total. The van der Waals surface area contributed by atoms with Gasteiger partial charge in [0.25, 0.3) is 0 Å². The summed E-state index contributed by atoms with van der Waals surface area (Å²) in [4.78, 5) is 2.42. The standard InChI is InChI=1S/C7H14IN4O/c1-2-11(1)5-8-13-7-6(9-7)10-12-3-4-12/h6-7,9-10H,1-5H2/q-1. The van der Waals surface area contributed by atoms with Crippen LogP contribution < -0.4 is 32.4 Å². The van der Waals surface area contributed by atoms with Gasteiger partial charge in [0.1, 0.15) is 0 Å². The van der Waals surface area contributed by atoms with Crippen molar-refractivity contribution < 1.29 is 24.7 Å². The van der Waals surface area contributed by atoms with Gasteiger partial charge in [-0.2, -0.15) is 0 Å². The zero-order valence-corrected chi connectivity index (χ0v) is 9.53. The number of hydrogen-bond donors (Lipinski definition) is 2. The number of rotatable bonds is 6. The summed E-state index contributed by atoms with van der Waals surface area (Å²) in [5.41, 5.74) is 3.33. The van der Waals surface area contributed by atoms with E-state index in [9.17, 15) is 0 Å². The van der Waals surface area contributed by atoms with E-state index in [0.29, 0.717) is 12.4 Å². The second-order valence-electron chi connectivity index (χ2n) is 3.62. The van der Waals surface area contributed by atoms with Crippen molar-refractivity contribution in [1.29, 1.82) is 0 Å². The summed E-state index contributed by atoms with van der Waals surface area (Å²) in [5, 5.41) is 5.47. The Balaban J connectivity index is 1.25. The van der Waals surface area contributed by atoms with E-state index >= 15 is 0 Å². The van der Waals surface area contributed by atoms with Crippen molar-refractivity contribution in [2.24, 2.45) is 0 Å². The molecule has 0 aromatic carbocycles. The second-order valence-corrected chi connectivity index (χ2v) is 5.43. The molecule has 0 saturated carbocycles. The fraction of sp³-hybridized carbons (Fsp3) is 1.00. The van der Waals surface area contributed by atoms with Crippen LogP contribution in [0.1, 0.15) is 0 Å². The third-order valence-corrected chi connectivity index (χ3v) is 4.37. The minimum absolute atomic E-state index is 0.0586. The van der Waals surface area contributed by atoms with E-state index in [1.165, 1.54) is 30.7 Å². The van der Waals surface area contributed by atoms with Gasteiger partial charge in [-0.25, -0.2) is 0 Å². The van der Waals surface area contributed by atoms with Crippen molar-refractivity contribution in [3.63, 3.8) is 0 Å². The molecular weight excluding hydrogens is 283 g/mol. The Hall–Kier alpha value is 0.530. The fourth-order valence-corrected chi connectivity index (χ4v) is 3.10. The summed E-state index contributed by atoms with van der Waals surface area (Å²) >= 11 is -0.0586. The first-order valence-corrected chi connectivity index (χ1v) is 7.07. The average molecular weight is 297 g/mol. The van der Waals surface area contributed by atoms with Gasteiger partial charge in [0.05, 0.1) is 0 Å². The van der Waals surface area contributed by atoms with E-state index in [1.807, 2.05) is 0 Å². The molecule has 0 aromatic rings. The molecule has 5 nitrogen and oxygen atoms in total. The van der Waals surface area contributed by atoms with E-state index in [0.717, 1.165) is 0 Å². The van der Waals surface area contributed by atoms with E-state index in [-0.39, 0.29) is 21.6 Å². The van der Waals surface area contributed by atoms with Crippen LogP contribution in [0, 0.1) is 0 Å². The summed E-state index contributed by atoms with van der Waals surface area (Å²) in [7, 11) is 0. The summed E-state index contributed by atoms with van der Waals surface area (Å²) in [5.74, 6) is 0. The molecule has 2 unspecified atom stereocenters. The number of halogens is 1. The first kappa shape index (κ1) is 8.81. The average Bonchev–Trinajstić information content (AvgIpc) is 2.91. The van der Waals surface area contributed by atoms with Crippen LogP contribution in [-0.2, 0) is 3.07 Å². The van der Waals surface area contributed by atoms with Crippen molar-refractivity contribution in [3.8, 4) is 0 Å². The molecule has 3 fully saturated rings. The molecule has 13 heavy (non-hydrogen) atoms. The number of nitrogens with zero attached hydrogens (tertiary/aromatic N) is 2. The van der Waals surface area contributed by atoms with Crippen LogP contribution in [0.5, 0.6) is 0 Å². The zero-order chi connectivity index (χ0) is 8.67. The SMILES string of the molecule is C1CN1C[I-]OC1NC1NN1CC1. The van der Waals surface area contributed by atoms with Gasteiger partial charge in [-0.05, 0) is 0 Å². The van der Waals surface area contributed by atoms with Crippen LogP contribution >= 0.6 is 0 Å². The molecule has 0 aromatic heterocycles. The molecule has 0 radical (unpaired) electrons. The molecule has 3 aliphatic rings. The van der Waals surface area contributed by atoms with E-state index in [1.54, 1.807) is 0 Å². The molecule has 0 bridgehead atoms. The maximum atomic E-state index is 5.71. The van der Waals surface area contributed by atoms with Crippen LogP contribution in [0.25, 0.3) is 0 Å².